The zero-order chi connectivity index (χ0) is 48.4. The summed E-state index contributed by atoms with van der Waals surface area (Å²) in [6, 6.07) is 21.3. The summed E-state index contributed by atoms with van der Waals surface area (Å²) in [5.74, 6) is -7.19. The third-order valence-corrected chi connectivity index (χ3v) is 11.1. The number of H-pyrrole nitrogens is 1. The number of fused-ring (bicyclic) bond motifs is 2. The van der Waals surface area contributed by atoms with E-state index in [-0.39, 0.29) is 70.9 Å². The predicted molar refractivity (Wildman–Crippen MR) is 239 cm³/mol. The van der Waals surface area contributed by atoms with E-state index in [0.717, 1.165) is 12.1 Å². The number of benzene rings is 4. The van der Waals surface area contributed by atoms with Crippen LogP contribution in [-0.2, 0) is 25.7 Å². The quantitative estimate of drug-likeness (QED) is 0.0569. The molecule has 4 aromatic carbocycles. The van der Waals surface area contributed by atoms with E-state index < -0.39 is 52.6 Å². The number of nitrogens with one attached hydrogen (secondary N) is 1. The maximum absolute atomic E-state index is 14.6. The van der Waals surface area contributed by atoms with Crippen molar-refractivity contribution >= 4 is 63.0 Å². The molecule has 0 bridgehead atoms. The SMILES string of the molecule is C=CC(=O)OC.CCCn1cc(C(=O)C(=O)N2CCN(C(=O)c3ccccc3)CC2)c2c(F)cc(F)cc21.O=C(C(=O)N1CCN(C(=O)c2ccccc2)CC1)c1c[nH]c2cc(F)cc(F)c12. The number of aromatic nitrogens is 2. The molecule has 67 heavy (non-hydrogen) atoms. The first-order valence-corrected chi connectivity index (χ1v) is 21.2. The summed E-state index contributed by atoms with van der Waals surface area (Å²) < 4.78 is 61.5. The van der Waals surface area contributed by atoms with Gasteiger partial charge in [0.2, 0.25) is 0 Å². The van der Waals surface area contributed by atoms with Crippen LogP contribution in [0.25, 0.3) is 21.8 Å². The van der Waals surface area contributed by atoms with Crippen molar-refractivity contribution in [2.45, 2.75) is 19.9 Å². The Balaban J connectivity index is 0.000000198. The lowest BCUT2D eigenvalue weighted by Crippen LogP contribution is -2.52. The monoisotopic (exact) mass is 922 g/mol. The Bertz CT molecular complexity index is 2830. The summed E-state index contributed by atoms with van der Waals surface area (Å²) in [5.41, 5.74) is 1.28. The number of hydrogen-bond acceptors (Lipinski definition) is 8. The molecule has 4 amide bonds. The van der Waals surface area contributed by atoms with E-state index >= 15 is 0 Å². The number of esters is 1. The van der Waals surface area contributed by atoms with Crippen LogP contribution in [0.5, 0.6) is 0 Å². The number of aromatic amines is 1. The Morgan fingerprint density at radius 3 is 1.52 bits per heavy atom. The number of nitrogens with zero attached hydrogens (tertiary/aromatic N) is 5. The van der Waals surface area contributed by atoms with E-state index in [2.05, 4.69) is 16.3 Å². The average molecular weight is 923 g/mol. The number of ether oxygens (including phenoxy) is 1. The van der Waals surface area contributed by atoms with Crippen LogP contribution in [-0.4, -0.2) is 130 Å². The number of rotatable bonds is 9. The topological polar surface area (TPSA) is 162 Å². The van der Waals surface area contributed by atoms with Crippen molar-refractivity contribution in [2.75, 3.05) is 59.5 Å². The van der Waals surface area contributed by atoms with Crippen molar-refractivity contribution in [1.29, 1.82) is 0 Å². The van der Waals surface area contributed by atoms with E-state index in [0.29, 0.717) is 62.4 Å². The molecule has 1 N–H and O–H groups in total. The van der Waals surface area contributed by atoms with Gasteiger partial charge in [0, 0.05) is 111 Å². The van der Waals surface area contributed by atoms with Gasteiger partial charge in [-0.1, -0.05) is 49.9 Å². The van der Waals surface area contributed by atoms with Crippen molar-refractivity contribution in [2.24, 2.45) is 0 Å². The standard InChI is InChI=1S/C24H23F2N3O3.C21H17F2N3O3.C4H6O2/c1-2-8-29-15-18(21-19(26)13-17(25)14-20(21)29)22(30)24(32)28-11-9-27(10-12-28)23(31)16-6-4-3-5-7-16;22-14-10-16(23)18-15(12-24-17(18)11-14)19(27)21(29)26-8-6-25(7-9-26)20(28)13-4-2-1-3-5-13;1-3-4(5)6-2/h3-7,13-15H,2,8-12H2,1H3;1-5,10-12,24H,6-9H2;3H,1H2,2H3. The van der Waals surface area contributed by atoms with Crippen molar-refractivity contribution in [3.63, 3.8) is 0 Å². The molecule has 0 aliphatic carbocycles. The van der Waals surface area contributed by atoms with E-state index in [1.54, 1.807) is 62.9 Å². The molecule has 0 unspecified atom stereocenters. The summed E-state index contributed by atoms with van der Waals surface area (Å²) in [4.78, 5) is 94.7. The number of halogens is 4. The first-order valence-electron chi connectivity index (χ1n) is 21.2. The molecule has 18 heteroatoms. The Labute approximate surface area is 382 Å². The van der Waals surface area contributed by atoms with Gasteiger partial charge in [-0.2, -0.15) is 0 Å². The molecule has 0 atom stereocenters. The van der Waals surface area contributed by atoms with Crippen LogP contribution in [0.15, 0.2) is 110 Å². The molecule has 4 heterocycles. The Hall–Kier alpha value is -7.89. The number of Topliss-reactive ketones (excluding diaryl/α,β-unsaturated/α-hetero) is 2. The number of methoxy groups -OCH3 is 1. The molecule has 8 rings (SSSR count). The minimum Gasteiger partial charge on any atom is -0.466 e. The van der Waals surface area contributed by atoms with Crippen LogP contribution in [0.1, 0.15) is 54.8 Å². The number of carbonyl (C=O) groups is 7. The normalized spacial score (nSPS) is 13.5. The number of carbonyl (C=O) groups excluding carboxylic acids is 7. The molecule has 2 fully saturated rings. The summed E-state index contributed by atoms with van der Waals surface area (Å²) in [6.07, 6.45) is 4.44. The first kappa shape index (κ1) is 48.6. The number of aryl methyl sites for hydroxylation is 1. The molecule has 2 aromatic heterocycles. The van der Waals surface area contributed by atoms with Gasteiger partial charge in [0.25, 0.3) is 35.2 Å². The van der Waals surface area contributed by atoms with E-state index in [1.165, 1.54) is 35.4 Å². The fourth-order valence-electron chi connectivity index (χ4n) is 7.66. The third-order valence-electron chi connectivity index (χ3n) is 11.1. The Morgan fingerprint density at radius 2 is 1.07 bits per heavy atom. The van der Waals surface area contributed by atoms with Gasteiger partial charge in [0.05, 0.1) is 29.3 Å². The second-order valence-electron chi connectivity index (χ2n) is 15.3. The molecular weight excluding hydrogens is 877 g/mol. The molecule has 0 radical (unpaired) electrons. The van der Waals surface area contributed by atoms with Crippen molar-refractivity contribution < 1.29 is 55.9 Å². The minimum absolute atomic E-state index is 0.0453. The highest BCUT2D eigenvalue weighted by molar-refractivity contribution is 6.45. The fourth-order valence-corrected chi connectivity index (χ4v) is 7.66. The van der Waals surface area contributed by atoms with Gasteiger partial charge >= 0.3 is 5.97 Å². The smallest absolute Gasteiger partial charge is 0.329 e. The van der Waals surface area contributed by atoms with Gasteiger partial charge in [-0.25, -0.2) is 22.4 Å². The molecule has 2 aliphatic heterocycles. The van der Waals surface area contributed by atoms with Crippen molar-refractivity contribution in [3.8, 4) is 0 Å². The zero-order valence-electron chi connectivity index (χ0n) is 36.6. The Morgan fingerprint density at radius 1 is 0.627 bits per heavy atom. The van der Waals surface area contributed by atoms with Gasteiger partial charge in [-0.3, -0.25) is 28.8 Å². The predicted octanol–water partition coefficient (Wildman–Crippen LogP) is 6.46. The van der Waals surface area contributed by atoms with Crippen LogP contribution >= 0.6 is 0 Å². The highest BCUT2D eigenvalue weighted by atomic mass is 19.1. The van der Waals surface area contributed by atoms with E-state index in [4.69, 9.17) is 0 Å². The molecule has 2 aliphatic rings. The second-order valence-corrected chi connectivity index (χ2v) is 15.3. The Kier molecular flexibility index (Phi) is 15.8. The molecule has 2 saturated heterocycles. The molecule has 0 saturated carbocycles. The van der Waals surface area contributed by atoms with Crippen LogP contribution < -0.4 is 0 Å². The van der Waals surface area contributed by atoms with Gasteiger partial charge in [-0.05, 0) is 42.8 Å². The van der Waals surface area contributed by atoms with E-state index in [1.807, 2.05) is 19.1 Å². The summed E-state index contributed by atoms with van der Waals surface area (Å²) >= 11 is 0. The zero-order valence-corrected chi connectivity index (χ0v) is 36.6. The summed E-state index contributed by atoms with van der Waals surface area (Å²) in [5, 5.41) is -0.154. The highest BCUT2D eigenvalue weighted by Gasteiger charge is 2.33. The lowest BCUT2D eigenvalue weighted by atomic mass is 10.1. The summed E-state index contributed by atoms with van der Waals surface area (Å²) in [7, 11) is 1.31. The largest absolute Gasteiger partial charge is 0.466 e. The van der Waals surface area contributed by atoms with Gasteiger partial charge in [0.15, 0.2) is 0 Å². The average Bonchev–Trinajstić information content (AvgIpc) is 3.95. The molecule has 348 valence electrons. The first-order chi connectivity index (χ1) is 32.2. The molecule has 6 aromatic rings. The maximum Gasteiger partial charge on any atom is 0.329 e. The van der Waals surface area contributed by atoms with E-state index in [9.17, 15) is 51.1 Å². The lowest BCUT2D eigenvalue weighted by Gasteiger charge is -2.34. The van der Waals surface area contributed by atoms with Crippen LogP contribution in [0.2, 0.25) is 0 Å². The fraction of sp³-hybridized carbons (Fsp3) is 0.245. The summed E-state index contributed by atoms with van der Waals surface area (Å²) in [6.45, 7) is 7.50. The number of amides is 4. The number of piperazine rings is 2. The van der Waals surface area contributed by atoms with Gasteiger partial charge < -0.3 is 33.9 Å². The highest BCUT2D eigenvalue weighted by Crippen LogP contribution is 2.28. The number of ketones is 2. The number of hydrogen-bond donors (Lipinski definition) is 1. The lowest BCUT2D eigenvalue weighted by molar-refractivity contribution is -0.134. The van der Waals surface area contributed by atoms with Gasteiger partial charge in [-0.15, -0.1) is 0 Å². The maximum atomic E-state index is 14.6. The van der Waals surface area contributed by atoms with Crippen LogP contribution in [0, 0.1) is 23.3 Å². The van der Waals surface area contributed by atoms with Crippen molar-refractivity contribution in [1.82, 2.24) is 29.2 Å². The van der Waals surface area contributed by atoms with Gasteiger partial charge in [0.1, 0.15) is 23.3 Å². The van der Waals surface area contributed by atoms with Crippen LogP contribution in [0.4, 0.5) is 17.6 Å². The molecule has 0 spiro atoms. The van der Waals surface area contributed by atoms with Crippen LogP contribution in [0.3, 0.4) is 0 Å². The third kappa shape index (κ3) is 11.1. The second kappa shape index (κ2) is 21.9. The van der Waals surface area contributed by atoms with Crippen molar-refractivity contribution in [3.05, 3.63) is 156 Å². The molecular formula is C49H46F4N6O8. The minimum atomic E-state index is -0.907. The molecule has 14 nitrogen and oxygen atoms in total.